The topological polar surface area (TPSA) is 20.2 Å². The van der Waals surface area contributed by atoms with E-state index in [0.717, 1.165) is 6.42 Å². The lowest BCUT2D eigenvalue weighted by molar-refractivity contribution is 0.410. The van der Waals surface area contributed by atoms with Crippen LogP contribution in [0.4, 0.5) is 0 Å². The molecular weight excluding hydrogens is 232 g/mol. The molecule has 0 bridgehead atoms. The Morgan fingerprint density at radius 2 is 1.05 bits per heavy atom. The summed E-state index contributed by atoms with van der Waals surface area (Å²) in [7, 11) is 0. The van der Waals surface area contributed by atoms with Gasteiger partial charge in [-0.15, -0.1) is 0 Å². The molecule has 0 aromatic heterocycles. The highest BCUT2D eigenvalue weighted by Gasteiger charge is 1.93. The van der Waals surface area contributed by atoms with E-state index in [2.05, 4.69) is 6.92 Å². The average molecular weight is 268 g/mol. The minimum atomic E-state index is 0.471. The van der Waals surface area contributed by atoms with E-state index in [4.69, 9.17) is 5.11 Å². The first-order chi connectivity index (χ1) is 9.27. The molecule has 0 aliphatic rings. The number of allylic oxidation sites excluding steroid dienone is 2. The number of hydrogen-bond donors (Lipinski definition) is 1. The molecule has 0 rings (SSSR count). The molecule has 0 atom stereocenters. The Kier molecular flexibility index (Phi) is 15.2. The molecular formula is C18H36O. The summed E-state index contributed by atoms with van der Waals surface area (Å²) in [6.07, 6.45) is 21.2. The normalized spacial score (nSPS) is 12.0. The van der Waals surface area contributed by atoms with E-state index in [-0.39, 0.29) is 0 Å². The van der Waals surface area contributed by atoms with Crippen molar-refractivity contribution in [1.29, 1.82) is 0 Å². The Labute approximate surface area is 121 Å². The zero-order valence-electron chi connectivity index (χ0n) is 13.4. The van der Waals surface area contributed by atoms with E-state index in [1.165, 1.54) is 83.5 Å². The molecule has 1 nitrogen and oxygen atoms in total. The van der Waals surface area contributed by atoms with E-state index in [1.54, 1.807) is 6.92 Å². The van der Waals surface area contributed by atoms with Crippen molar-refractivity contribution in [1.82, 2.24) is 0 Å². The summed E-state index contributed by atoms with van der Waals surface area (Å²) in [5.74, 6) is 0.471. The van der Waals surface area contributed by atoms with Crippen LogP contribution in [0.25, 0.3) is 0 Å². The van der Waals surface area contributed by atoms with Gasteiger partial charge in [0.15, 0.2) is 0 Å². The molecule has 1 N–H and O–H groups in total. The van der Waals surface area contributed by atoms with Gasteiger partial charge in [0.25, 0.3) is 0 Å². The molecule has 0 radical (unpaired) electrons. The predicted octanol–water partition coefficient (Wildman–Crippen LogP) is 6.93. The van der Waals surface area contributed by atoms with Gasteiger partial charge in [-0.1, -0.05) is 84.0 Å². The Balaban J connectivity index is 2.97. The van der Waals surface area contributed by atoms with E-state index in [9.17, 15) is 0 Å². The lowest BCUT2D eigenvalue weighted by atomic mass is 10.0. The number of hydrogen-bond acceptors (Lipinski definition) is 1. The first-order valence-electron chi connectivity index (χ1n) is 8.63. The Morgan fingerprint density at radius 3 is 1.42 bits per heavy atom. The van der Waals surface area contributed by atoms with Crippen LogP contribution in [0.1, 0.15) is 104 Å². The molecule has 0 spiro atoms. The smallest absolute Gasteiger partial charge is 0.0851 e. The molecule has 0 aromatic carbocycles. The van der Waals surface area contributed by atoms with E-state index in [1.807, 2.05) is 6.08 Å². The van der Waals surface area contributed by atoms with Gasteiger partial charge in [-0.3, -0.25) is 0 Å². The summed E-state index contributed by atoms with van der Waals surface area (Å²) in [6.45, 7) is 4.03. The Hall–Kier alpha value is -0.460. The van der Waals surface area contributed by atoms with E-state index < -0.39 is 0 Å². The van der Waals surface area contributed by atoms with Crippen LogP contribution in [-0.4, -0.2) is 5.11 Å². The molecule has 0 fully saturated rings. The molecule has 0 amide bonds. The van der Waals surface area contributed by atoms with Crippen molar-refractivity contribution >= 4 is 0 Å². The molecule has 0 aromatic rings. The van der Waals surface area contributed by atoms with Gasteiger partial charge < -0.3 is 5.11 Å². The van der Waals surface area contributed by atoms with Crippen LogP contribution >= 0.6 is 0 Å². The number of aliphatic hydroxyl groups is 1. The zero-order valence-corrected chi connectivity index (χ0v) is 13.4. The SMILES string of the molecule is CCCCCCCCCCCCCCCC=C(C)O. The van der Waals surface area contributed by atoms with Crippen LogP contribution in [0.3, 0.4) is 0 Å². The van der Waals surface area contributed by atoms with Crippen molar-refractivity contribution < 1.29 is 5.11 Å². The van der Waals surface area contributed by atoms with Gasteiger partial charge in [0, 0.05) is 0 Å². The monoisotopic (exact) mass is 268 g/mol. The van der Waals surface area contributed by atoms with E-state index in [0.29, 0.717) is 5.76 Å². The highest BCUT2D eigenvalue weighted by atomic mass is 16.3. The third-order valence-electron chi connectivity index (χ3n) is 3.75. The summed E-state index contributed by atoms with van der Waals surface area (Å²) in [4.78, 5) is 0. The minimum Gasteiger partial charge on any atom is -0.513 e. The minimum absolute atomic E-state index is 0.471. The molecule has 0 aliphatic heterocycles. The largest absolute Gasteiger partial charge is 0.513 e. The molecule has 0 saturated heterocycles. The maximum Gasteiger partial charge on any atom is 0.0851 e. The fraction of sp³-hybridized carbons (Fsp3) is 0.889. The predicted molar refractivity (Wildman–Crippen MR) is 86.7 cm³/mol. The van der Waals surface area contributed by atoms with Gasteiger partial charge in [-0.25, -0.2) is 0 Å². The number of rotatable bonds is 14. The third kappa shape index (κ3) is 17.5. The second-order valence-corrected chi connectivity index (χ2v) is 5.88. The maximum atomic E-state index is 9.00. The zero-order chi connectivity index (χ0) is 14.2. The quantitative estimate of drug-likeness (QED) is 0.267. The van der Waals surface area contributed by atoms with Crippen LogP contribution in [0.5, 0.6) is 0 Å². The summed E-state index contributed by atoms with van der Waals surface area (Å²) in [6, 6.07) is 0. The van der Waals surface area contributed by atoms with Gasteiger partial charge in [-0.05, 0) is 25.8 Å². The van der Waals surface area contributed by atoms with Gasteiger partial charge in [0.2, 0.25) is 0 Å². The molecule has 0 heterocycles. The summed E-state index contributed by atoms with van der Waals surface area (Å²) in [5, 5.41) is 9.00. The van der Waals surface area contributed by atoms with Crippen molar-refractivity contribution in [2.24, 2.45) is 0 Å². The lowest BCUT2D eigenvalue weighted by Gasteiger charge is -2.02. The fourth-order valence-corrected chi connectivity index (χ4v) is 2.47. The standard InChI is InChI=1S/C18H36O/c1-3-4-5-6-7-8-9-10-11-12-13-14-15-16-17-18(2)19/h17,19H,3-16H2,1-2H3. The van der Waals surface area contributed by atoms with Gasteiger partial charge in [0.05, 0.1) is 5.76 Å². The second-order valence-electron chi connectivity index (χ2n) is 5.88. The fourth-order valence-electron chi connectivity index (χ4n) is 2.47. The van der Waals surface area contributed by atoms with Gasteiger partial charge in [-0.2, -0.15) is 0 Å². The Bertz CT molecular complexity index is 192. The number of unbranched alkanes of at least 4 members (excludes halogenated alkanes) is 13. The first-order valence-corrected chi connectivity index (χ1v) is 8.63. The highest BCUT2D eigenvalue weighted by molar-refractivity contribution is 4.85. The van der Waals surface area contributed by atoms with Crippen LogP contribution in [0.2, 0.25) is 0 Å². The highest BCUT2D eigenvalue weighted by Crippen LogP contribution is 2.13. The summed E-state index contributed by atoms with van der Waals surface area (Å²) >= 11 is 0. The molecule has 114 valence electrons. The van der Waals surface area contributed by atoms with Crippen LogP contribution < -0.4 is 0 Å². The molecule has 0 saturated carbocycles. The van der Waals surface area contributed by atoms with Crippen molar-refractivity contribution in [3.8, 4) is 0 Å². The Morgan fingerprint density at radius 1 is 0.684 bits per heavy atom. The van der Waals surface area contributed by atoms with Crippen molar-refractivity contribution in [3.05, 3.63) is 11.8 Å². The van der Waals surface area contributed by atoms with Gasteiger partial charge >= 0.3 is 0 Å². The lowest BCUT2D eigenvalue weighted by Crippen LogP contribution is -1.83. The van der Waals surface area contributed by atoms with Crippen LogP contribution in [0, 0.1) is 0 Å². The maximum absolute atomic E-state index is 9.00. The second kappa shape index (κ2) is 15.6. The molecule has 19 heavy (non-hydrogen) atoms. The van der Waals surface area contributed by atoms with Crippen molar-refractivity contribution in [2.75, 3.05) is 0 Å². The first kappa shape index (κ1) is 18.5. The molecule has 0 unspecified atom stereocenters. The molecule has 1 heteroatoms. The summed E-state index contributed by atoms with van der Waals surface area (Å²) in [5.41, 5.74) is 0. The third-order valence-corrected chi connectivity index (χ3v) is 3.75. The average Bonchev–Trinajstić information content (AvgIpc) is 2.39. The van der Waals surface area contributed by atoms with E-state index >= 15 is 0 Å². The number of aliphatic hydroxyl groups excluding tert-OH is 1. The summed E-state index contributed by atoms with van der Waals surface area (Å²) < 4.78 is 0. The molecule has 0 aliphatic carbocycles. The van der Waals surface area contributed by atoms with Gasteiger partial charge in [0.1, 0.15) is 0 Å². The van der Waals surface area contributed by atoms with Crippen molar-refractivity contribution in [3.63, 3.8) is 0 Å². The van der Waals surface area contributed by atoms with Crippen LogP contribution in [0.15, 0.2) is 11.8 Å². The van der Waals surface area contributed by atoms with Crippen LogP contribution in [-0.2, 0) is 0 Å². The van der Waals surface area contributed by atoms with Crippen molar-refractivity contribution in [2.45, 2.75) is 104 Å².